The van der Waals surface area contributed by atoms with Crippen LogP contribution in [-0.2, 0) is 6.42 Å². The van der Waals surface area contributed by atoms with Crippen molar-refractivity contribution in [1.82, 2.24) is 0 Å². The second-order valence-electron chi connectivity index (χ2n) is 10.7. The van der Waals surface area contributed by atoms with E-state index in [1.165, 1.54) is 28.0 Å². The molecule has 0 fully saturated rings. The lowest BCUT2D eigenvalue weighted by atomic mass is 9.96. The minimum Gasteiger partial charge on any atom is -0.310 e. The van der Waals surface area contributed by atoms with Crippen LogP contribution in [0.15, 0.2) is 152 Å². The van der Waals surface area contributed by atoms with Gasteiger partial charge in [0, 0.05) is 17.1 Å². The monoisotopic (exact) mass is 547 g/mol. The van der Waals surface area contributed by atoms with Crippen LogP contribution in [0, 0.1) is 6.92 Å². The third-order valence-electron chi connectivity index (χ3n) is 7.89. The number of nitrogens with one attached hydrogen (secondary N) is 1. The average molecular weight is 548 g/mol. The first kappa shape index (κ1) is 27.2. The maximum Gasteiger partial charge on any atom is 0.0722 e. The molecule has 0 heterocycles. The summed E-state index contributed by atoms with van der Waals surface area (Å²) < 4.78 is 0. The molecule has 0 saturated carbocycles. The van der Waals surface area contributed by atoms with Crippen LogP contribution in [0.4, 0.5) is 28.4 Å². The molecule has 0 saturated heterocycles. The second kappa shape index (κ2) is 12.7. The Balaban J connectivity index is 1.39. The van der Waals surface area contributed by atoms with E-state index in [0.717, 1.165) is 35.6 Å². The number of hydrazine groups is 1. The van der Waals surface area contributed by atoms with Crippen molar-refractivity contribution in [2.45, 2.75) is 32.7 Å². The Labute approximate surface area is 250 Å². The molecule has 1 atom stereocenters. The number of anilines is 5. The molecule has 3 nitrogen and oxygen atoms in total. The van der Waals surface area contributed by atoms with Gasteiger partial charge in [0.1, 0.15) is 0 Å². The zero-order valence-electron chi connectivity index (χ0n) is 24.3. The molecule has 42 heavy (non-hydrogen) atoms. The second-order valence-corrected chi connectivity index (χ2v) is 10.7. The number of aryl methyl sites for hydroxylation is 2. The Kier molecular flexibility index (Phi) is 8.19. The largest absolute Gasteiger partial charge is 0.310 e. The normalized spacial score (nSPS) is 14.2. The molecule has 1 aliphatic carbocycles. The van der Waals surface area contributed by atoms with Gasteiger partial charge in [-0.05, 0) is 90.6 Å². The highest BCUT2D eigenvalue weighted by Gasteiger charge is 2.23. The fourth-order valence-electron chi connectivity index (χ4n) is 5.63. The summed E-state index contributed by atoms with van der Waals surface area (Å²) in [5.41, 5.74) is 14.6. The topological polar surface area (TPSA) is 18.5 Å². The van der Waals surface area contributed by atoms with Crippen molar-refractivity contribution in [3.05, 3.63) is 168 Å². The van der Waals surface area contributed by atoms with Crippen molar-refractivity contribution in [3.63, 3.8) is 0 Å². The van der Waals surface area contributed by atoms with Crippen molar-refractivity contribution in [2.75, 3.05) is 15.3 Å². The van der Waals surface area contributed by atoms with Crippen molar-refractivity contribution in [2.24, 2.45) is 0 Å². The van der Waals surface area contributed by atoms with Gasteiger partial charge in [0.2, 0.25) is 0 Å². The van der Waals surface area contributed by atoms with Crippen molar-refractivity contribution in [3.8, 4) is 0 Å². The van der Waals surface area contributed by atoms with E-state index < -0.39 is 0 Å². The predicted octanol–water partition coefficient (Wildman–Crippen LogP) is 10.3. The third-order valence-corrected chi connectivity index (χ3v) is 7.89. The van der Waals surface area contributed by atoms with Crippen LogP contribution < -0.4 is 15.3 Å². The zero-order chi connectivity index (χ0) is 28.7. The summed E-state index contributed by atoms with van der Waals surface area (Å²) in [6.45, 7) is 4.40. The van der Waals surface area contributed by atoms with Gasteiger partial charge in [-0.2, -0.15) is 0 Å². The molecule has 1 aliphatic rings. The maximum atomic E-state index is 3.81. The number of para-hydroxylation sites is 3. The van der Waals surface area contributed by atoms with Crippen LogP contribution in [0.2, 0.25) is 0 Å². The highest BCUT2D eigenvalue weighted by Crippen LogP contribution is 2.38. The minimum atomic E-state index is 0.160. The van der Waals surface area contributed by atoms with Gasteiger partial charge in [-0.3, -0.25) is 10.4 Å². The summed E-state index contributed by atoms with van der Waals surface area (Å²) >= 11 is 0. The first-order chi connectivity index (χ1) is 20.7. The van der Waals surface area contributed by atoms with Crippen LogP contribution in [0.1, 0.15) is 30.0 Å². The zero-order valence-corrected chi connectivity index (χ0v) is 24.3. The van der Waals surface area contributed by atoms with E-state index in [4.69, 9.17) is 0 Å². The SMILES string of the molecule is CCc1cc(N(c2ccccc2)c2ccccc2)ccc1N(Nc1ccccc1C)C1C=CC(c2ccccc2)=CC1. The number of rotatable bonds is 9. The summed E-state index contributed by atoms with van der Waals surface area (Å²) in [5, 5.41) is 2.36. The van der Waals surface area contributed by atoms with Crippen molar-refractivity contribution in [1.29, 1.82) is 0 Å². The molecule has 0 spiro atoms. The number of hydrogen-bond donors (Lipinski definition) is 1. The molecule has 0 amide bonds. The molecule has 0 radical (unpaired) electrons. The highest BCUT2D eigenvalue weighted by molar-refractivity contribution is 5.79. The quantitative estimate of drug-likeness (QED) is 0.185. The van der Waals surface area contributed by atoms with Gasteiger partial charge in [-0.25, -0.2) is 0 Å². The van der Waals surface area contributed by atoms with Crippen LogP contribution in [-0.4, -0.2) is 6.04 Å². The van der Waals surface area contributed by atoms with Crippen LogP contribution in [0.25, 0.3) is 5.57 Å². The third kappa shape index (κ3) is 5.87. The summed E-state index contributed by atoms with van der Waals surface area (Å²) in [5.74, 6) is 0. The maximum absolute atomic E-state index is 3.81. The minimum absolute atomic E-state index is 0.160. The molecule has 1 unspecified atom stereocenters. The van der Waals surface area contributed by atoms with E-state index in [1.807, 2.05) is 0 Å². The molecule has 5 aromatic rings. The molecule has 0 bridgehead atoms. The number of benzene rings is 5. The lowest BCUT2D eigenvalue weighted by Gasteiger charge is -2.36. The van der Waals surface area contributed by atoms with E-state index in [1.54, 1.807) is 0 Å². The molecule has 208 valence electrons. The Morgan fingerprint density at radius 1 is 0.690 bits per heavy atom. The Morgan fingerprint density at radius 3 is 1.90 bits per heavy atom. The van der Waals surface area contributed by atoms with Crippen molar-refractivity contribution < 1.29 is 0 Å². The fraction of sp³-hybridized carbons (Fsp3) is 0.128. The average Bonchev–Trinajstić information content (AvgIpc) is 3.06. The molecule has 5 aromatic carbocycles. The van der Waals surface area contributed by atoms with Gasteiger partial charge >= 0.3 is 0 Å². The van der Waals surface area contributed by atoms with Gasteiger partial charge in [0.25, 0.3) is 0 Å². The summed E-state index contributed by atoms with van der Waals surface area (Å²) in [6, 6.07) is 47.4. The van der Waals surface area contributed by atoms with E-state index in [2.05, 4.69) is 181 Å². The van der Waals surface area contributed by atoms with Gasteiger partial charge in [0.15, 0.2) is 0 Å². The van der Waals surface area contributed by atoms with Crippen LogP contribution >= 0.6 is 0 Å². The molecular weight excluding hydrogens is 510 g/mol. The lowest BCUT2D eigenvalue weighted by Crippen LogP contribution is -2.40. The Bertz CT molecular complexity index is 1630. The summed E-state index contributed by atoms with van der Waals surface area (Å²) in [4.78, 5) is 2.33. The van der Waals surface area contributed by atoms with E-state index in [-0.39, 0.29) is 6.04 Å². The number of hydrogen-bond acceptors (Lipinski definition) is 3. The first-order valence-electron chi connectivity index (χ1n) is 14.8. The standard InChI is InChI=1S/C39H37N3/c1-3-31-29-37(41(34-18-9-5-10-19-34)35-20-11-6-12-21-35)27-28-39(31)42(40-38-22-14-13-15-30(38)2)36-25-23-33(24-26-36)32-16-7-4-8-17-32/h4-25,27-29,36,40H,3,26H2,1-2H3. The smallest absolute Gasteiger partial charge is 0.0722 e. The Hall–Kier alpha value is -5.02. The van der Waals surface area contributed by atoms with E-state index in [9.17, 15) is 0 Å². The van der Waals surface area contributed by atoms with Crippen LogP contribution in [0.5, 0.6) is 0 Å². The first-order valence-corrected chi connectivity index (χ1v) is 14.8. The predicted molar refractivity (Wildman–Crippen MR) is 180 cm³/mol. The Morgan fingerprint density at radius 2 is 1.31 bits per heavy atom. The van der Waals surface area contributed by atoms with Crippen LogP contribution in [0.3, 0.4) is 0 Å². The molecule has 6 rings (SSSR count). The molecule has 3 heteroatoms. The van der Waals surface area contributed by atoms with Gasteiger partial charge in [-0.1, -0.05) is 110 Å². The highest BCUT2D eigenvalue weighted by atomic mass is 15.5. The van der Waals surface area contributed by atoms with Gasteiger partial charge in [-0.15, -0.1) is 0 Å². The number of allylic oxidation sites excluding steroid dienone is 2. The molecule has 1 N–H and O–H groups in total. The summed E-state index contributed by atoms with van der Waals surface area (Å²) in [6.07, 6.45) is 8.78. The van der Waals surface area contributed by atoms with E-state index in [0.29, 0.717) is 0 Å². The van der Waals surface area contributed by atoms with Gasteiger partial charge in [0.05, 0.1) is 17.4 Å². The number of nitrogens with zero attached hydrogens (tertiary/aromatic N) is 2. The molecule has 0 aliphatic heterocycles. The lowest BCUT2D eigenvalue weighted by molar-refractivity contribution is 0.743. The molecule has 0 aromatic heterocycles. The summed E-state index contributed by atoms with van der Waals surface area (Å²) in [7, 11) is 0. The molecular formula is C39H37N3. The fourth-order valence-corrected chi connectivity index (χ4v) is 5.63. The van der Waals surface area contributed by atoms with Gasteiger partial charge < -0.3 is 4.90 Å². The van der Waals surface area contributed by atoms with Crippen molar-refractivity contribution >= 4 is 34.0 Å². The van der Waals surface area contributed by atoms with E-state index >= 15 is 0 Å².